The van der Waals surface area contributed by atoms with Crippen molar-refractivity contribution >= 4 is 187 Å². The molecule has 4 fully saturated rings. The van der Waals surface area contributed by atoms with Crippen LogP contribution in [0, 0.1) is 0 Å². The largest absolute Gasteiger partial charge is 0.490 e. The number of nitrogens with one attached hydrogen (secondary N) is 2. The van der Waals surface area contributed by atoms with Gasteiger partial charge in [-0.3, -0.25) is 27.7 Å². The molecule has 0 aromatic carbocycles. The maximum atomic E-state index is 14.5. The Morgan fingerprint density at radius 3 is 0.891 bits per heavy atom. The zero-order valence-corrected chi connectivity index (χ0v) is 79.6. The van der Waals surface area contributed by atoms with Gasteiger partial charge in [0.1, 0.15) is 104 Å². The van der Waals surface area contributed by atoms with Gasteiger partial charge in [-0.05, 0) is 38.5 Å². The normalized spacial score (nSPS) is 32.7. The van der Waals surface area contributed by atoms with E-state index in [9.17, 15) is 133 Å². The van der Waals surface area contributed by atoms with Crippen LogP contribution in [0.3, 0.4) is 0 Å². The molecule has 0 aromatic rings. The smallest absolute Gasteiger partial charge is 0.388 e. The van der Waals surface area contributed by atoms with E-state index in [-0.39, 0.29) is 53.9 Å². The highest BCUT2D eigenvalue weighted by Crippen LogP contribution is 2.71. The molecule has 0 saturated carbocycles. The van der Waals surface area contributed by atoms with E-state index in [2.05, 4.69) is 99.5 Å². The van der Waals surface area contributed by atoms with Gasteiger partial charge in [-0.15, -0.1) is 46.4 Å². The number of amidine groups is 2. The minimum Gasteiger partial charge on any atom is -0.388 e. The molecule has 0 aromatic heterocycles. The van der Waals surface area contributed by atoms with Crippen LogP contribution in [0.15, 0.2) is 109 Å². The topological polar surface area (TPSA) is 905 Å². The van der Waals surface area contributed by atoms with Gasteiger partial charge in [0.05, 0.1) is 26.4 Å². The SMILES string of the molecule is C.C=C1N=C(N)C=CN1[C@@H]1O[C@@](COP(=O)(O)OP(=O)(O)OP(=O)(O)O)(C(C)F)[C@@H](O)[C@H]1Cl.C=C1N=C(N)C=CN1[C@@H]1O[C@@](COP(=O)(O)OP(=O)(O)OP(=O)(O)O)(CSC)[C@@H](O)[C@H]1Cl.C=C1NC(=O)C=CN1[C@@H]1O[C@@](COP(=O)(O)OP(=O)(O)OP(=O)(O)O)(C(C)F)[C@@H](O)[C@H]1Cl.C=C1NC(=O)C=CN1[C@@H]1O[C@@](COP(=O)(O)OP(=O)(O)OP(=O)(O)O)(CSC)[C@@H](O)[C@H]1Cl. The van der Waals surface area contributed by atoms with Gasteiger partial charge >= 0.3 is 93.9 Å². The average Bonchev–Trinajstić information content (AvgIpc) is 1.93. The van der Waals surface area contributed by atoms with Crippen LogP contribution in [0.25, 0.3) is 0 Å². The summed E-state index contributed by atoms with van der Waals surface area (Å²) < 4.78 is 236. The minimum absolute atomic E-state index is 0. The summed E-state index contributed by atoms with van der Waals surface area (Å²) >= 11 is 27.2. The van der Waals surface area contributed by atoms with Crippen molar-refractivity contribution in [3.05, 3.63) is 98.7 Å². The van der Waals surface area contributed by atoms with Gasteiger partial charge in [-0.2, -0.15) is 58.0 Å². The number of rotatable bonds is 38. The summed E-state index contributed by atoms with van der Waals surface area (Å²) in [5.74, 6) is -0.633. The highest BCUT2D eigenvalue weighted by Gasteiger charge is 2.64. The number of phosphoric acid groups is 12. The number of phosphoric ester groups is 4. The highest BCUT2D eigenvalue weighted by atomic mass is 35.5. The first-order chi connectivity index (χ1) is 57.8. The summed E-state index contributed by atoms with van der Waals surface area (Å²) in [6.45, 7) is 12.0. The Balaban J connectivity index is 0.000000359. The fourth-order valence-corrected chi connectivity index (χ4v) is 26.5. The third-order valence-corrected chi connectivity index (χ3v) is 34.9. The minimum atomic E-state index is -5.81. The number of nitrogens with zero attached hydrogens (tertiary/aromatic N) is 6. The number of ether oxygens (including phenoxy) is 4. The van der Waals surface area contributed by atoms with Crippen molar-refractivity contribution in [2.45, 2.75) is 127 Å². The zero-order valence-electron chi connectivity index (χ0n) is 64.3. The molecule has 129 heavy (non-hydrogen) atoms. The average molecular weight is 2230 g/mol. The standard InChI is InChI=1S/C12H20ClFN3O12P3.C12H19ClFN2O13P3.C12H21ClN3O12P3S.C12H20ClN2O13P3S.CH4/c1-6(14)12(5-26-31(22,23)29-32(24,25)28-30(19,20)21)10(18)9(13)11(27-12)17-4-3-8(15)16-7(17)2;1-6(14)12(5-26-31(22,23)29-32(24,25)28-30(19,20)21)10(18)9(13)11(27-12)16-4-3-8(17)15-7(16)2;1-7-15-8(14)3-4-16(7)11-9(13)10(17)12(26-11,6-32-2)5-25-30(21,22)28-31(23,24)27-29(18,19)20;1-7-14-8(16)3-4-15(7)11-9(13)10(17)12(26-11,6-32-2)5-25-30(21,22)28-31(23,24)27-29(18,19)20;/h3-4,6,9-11,18H,2,5H2,1H3,(H2,15,16)(H,22,23)(H,24,25)(H2,19,20,21);3-4,6,9-11,18H,2,5H2,1H3,(H,15,17)(H,22,23)(H,24,25)(H2,19,20,21);3-4,9-11,17H,1,5-6H2,2H3,(H2,14,15)(H,21,22)(H,23,24)(H2,18,19,20);3-4,9-11,17H,1,5-6H2,2H3,(H,14,16)(H,21,22)(H,23,24)(H2,18,19,20);1H4/t2*6?,9-,10+,11-,12+;2*9-,10+,11-,12+;/m1111./s1. The molecule has 80 heteroatoms. The molecular formula is C49H84Cl4F2N10O50P12S2. The Morgan fingerprint density at radius 1 is 0.419 bits per heavy atom. The number of thioether (sulfide) groups is 2. The van der Waals surface area contributed by atoms with E-state index in [1.165, 1.54) is 51.7 Å². The summed E-state index contributed by atoms with van der Waals surface area (Å²) in [6.07, 6.45) is -2.42. The summed E-state index contributed by atoms with van der Waals surface area (Å²) in [5, 5.41) is 42.1. The molecule has 0 bridgehead atoms. The number of aliphatic imine (C=N–C) groups is 2. The lowest BCUT2D eigenvalue weighted by molar-refractivity contribution is -0.163. The molecule has 4 saturated heterocycles. The molecule has 26 N–H and O–H groups in total. The van der Waals surface area contributed by atoms with Gasteiger partial charge in [-0.25, -0.2) is 73.5 Å². The fraction of sp³-hybridized carbons (Fsp3) is 0.592. The maximum Gasteiger partial charge on any atom is 0.490 e. The molecule has 10 unspecified atom stereocenters. The van der Waals surface area contributed by atoms with Crippen molar-refractivity contribution in [3.8, 4) is 0 Å². The molecule has 2 amide bonds. The molecular weight excluding hydrogens is 2140 g/mol. The summed E-state index contributed by atoms with van der Waals surface area (Å²) in [6, 6.07) is 0. The molecule has 60 nitrogen and oxygen atoms in total. The zero-order chi connectivity index (χ0) is 98.5. The molecule has 8 aliphatic rings. The number of aliphatic hydroxyl groups is 4. The number of aliphatic hydroxyl groups excluding tert-OH is 4. The van der Waals surface area contributed by atoms with Crippen LogP contribution < -0.4 is 22.1 Å². The van der Waals surface area contributed by atoms with E-state index in [0.29, 0.717) is 0 Å². The lowest BCUT2D eigenvalue weighted by Gasteiger charge is -2.35. The van der Waals surface area contributed by atoms with E-state index in [4.69, 9.17) is 116 Å². The molecule has 8 heterocycles. The second kappa shape index (κ2) is 45.5. The highest BCUT2D eigenvalue weighted by molar-refractivity contribution is 7.98. The number of carbonyl (C=O) groups excluding carboxylic acids is 2. The lowest BCUT2D eigenvalue weighted by atomic mass is 9.93. The first-order valence-electron chi connectivity index (χ1n) is 33.1. The number of carbonyl (C=O) groups is 2. The Morgan fingerprint density at radius 2 is 0.651 bits per heavy atom. The van der Waals surface area contributed by atoms with Crippen LogP contribution in [0.4, 0.5) is 8.78 Å². The lowest BCUT2D eigenvalue weighted by Crippen LogP contribution is -2.52. The molecule has 26 atom stereocenters. The van der Waals surface area contributed by atoms with Gasteiger partial charge in [0.25, 0.3) is 11.8 Å². The third-order valence-electron chi connectivity index (χ3n) is 16.4. The quantitative estimate of drug-likeness (QED) is 0.0309. The number of alkyl halides is 6. The Kier molecular flexibility index (Phi) is 42.1. The van der Waals surface area contributed by atoms with Crippen LogP contribution in [0.5, 0.6) is 0 Å². The predicted molar refractivity (Wildman–Crippen MR) is 437 cm³/mol. The van der Waals surface area contributed by atoms with E-state index < -0.39 is 238 Å². The molecule has 744 valence electrons. The van der Waals surface area contributed by atoms with E-state index >= 15 is 0 Å². The molecule has 0 radical (unpaired) electrons. The Bertz CT molecular complexity index is 4960. The first-order valence-corrected chi connectivity index (χ1v) is 55.7. The van der Waals surface area contributed by atoms with Gasteiger partial charge in [0, 0.05) is 48.5 Å². The van der Waals surface area contributed by atoms with Crippen molar-refractivity contribution in [2.24, 2.45) is 21.5 Å². The van der Waals surface area contributed by atoms with Gasteiger partial charge in [0.2, 0.25) is 0 Å². The molecule has 0 aliphatic carbocycles. The van der Waals surface area contributed by atoms with Crippen molar-refractivity contribution in [1.82, 2.24) is 30.2 Å². The van der Waals surface area contributed by atoms with Gasteiger partial charge < -0.3 is 159 Å². The Labute approximate surface area is 754 Å². The molecule has 8 rings (SSSR count). The Hall–Kier alpha value is -1.96. The number of amides is 2. The first kappa shape index (κ1) is 119. The number of hydrogen-bond acceptors (Lipinski definition) is 44. The summed E-state index contributed by atoms with van der Waals surface area (Å²) in [7, 11) is -67.5. The molecule has 8 aliphatic heterocycles. The van der Waals surface area contributed by atoms with Gasteiger partial charge in [0.15, 0.2) is 36.1 Å². The van der Waals surface area contributed by atoms with Crippen molar-refractivity contribution < 1.29 is 243 Å². The van der Waals surface area contributed by atoms with E-state index in [1.54, 1.807) is 12.5 Å². The van der Waals surface area contributed by atoms with E-state index in [0.717, 1.165) is 54.4 Å². The summed E-state index contributed by atoms with van der Waals surface area (Å²) in [4.78, 5) is 180. The van der Waals surface area contributed by atoms with Crippen LogP contribution in [-0.4, -0.2) is 298 Å². The summed E-state index contributed by atoms with van der Waals surface area (Å²) in [5.41, 5.74) is 2.81. The fourth-order valence-electron chi connectivity index (χ4n) is 11.1. The molecule has 0 spiro atoms. The van der Waals surface area contributed by atoms with E-state index in [1.807, 2.05) is 0 Å². The van der Waals surface area contributed by atoms with Crippen LogP contribution in [-0.2, 0) is 136 Å². The third kappa shape index (κ3) is 34.2. The maximum absolute atomic E-state index is 14.5. The van der Waals surface area contributed by atoms with Crippen LogP contribution >= 0.6 is 164 Å². The van der Waals surface area contributed by atoms with Crippen molar-refractivity contribution in [2.75, 3.05) is 50.4 Å². The van der Waals surface area contributed by atoms with Crippen LogP contribution in [0.2, 0.25) is 0 Å². The van der Waals surface area contributed by atoms with Crippen LogP contribution in [0.1, 0.15) is 21.3 Å². The van der Waals surface area contributed by atoms with Crippen molar-refractivity contribution in [3.63, 3.8) is 0 Å². The van der Waals surface area contributed by atoms with Crippen molar-refractivity contribution in [1.29, 1.82) is 0 Å². The van der Waals surface area contributed by atoms with Gasteiger partial charge in [-0.1, -0.05) is 33.7 Å². The second-order valence-electron chi connectivity index (χ2n) is 25.9. The monoisotopic (exact) mass is 2230 g/mol. The number of halogens is 6. The number of nitrogens with two attached hydrogens (primary N) is 2. The number of hydrogen-bond donors (Lipinski definition) is 24. The second-order valence-corrected chi connectivity index (χ2v) is 47.3. The predicted octanol–water partition coefficient (Wildman–Crippen LogP) is 1.80.